The molecular weight excluding hydrogens is 188 g/mol. The standard InChI is InChI=1S/C12H18N2O/c1-2-9-7-10(3-4-12(9)13)14-6-5-11(15)8-14/h3-4,7,11,15H,2,5-6,8,13H2,1H3. The van der Waals surface area contributed by atoms with Gasteiger partial charge in [-0.15, -0.1) is 0 Å². The summed E-state index contributed by atoms with van der Waals surface area (Å²) in [7, 11) is 0. The van der Waals surface area contributed by atoms with Crippen LogP contribution in [0, 0.1) is 0 Å². The predicted octanol–water partition coefficient (Wildman–Crippen LogP) is 1.40. The van der Waals surface area contributed by atoms with Gasteiger partial charge in [-0.25, -0.2) is 0 Å². The highest BCUT2D eigenvalue weighted by Crippen LogP contribution is 2.24. The first-order valence-electron chi connectivity index (χ1n) is 5.52. The maximum atomic E-state index is 9.48. The number of nitrogens with zero attached hydrogens (tertiary/aromatic N) is 1. The number of hydrogen-bond acceptors (Lipinski definition) is 3. The van der Waals surface area contributed by atoms with Gasteiger partial charge >= 0.3 is 0 Å². The van der Waals surface area contributed by atoms with Crippen molar-refractivity contribution in [2.45, 2.75) is 25.9 Å². The van der Waals surface area contributed by atoms with Crippen LogP contribution in [0.15, 0.2) is 18.2 Å². The van der Waals surface area contributed by atoms with Crippen molar-refractivity contribution in [3.63, 3.8) is 0 Å². The van der Waals surface area contributed by atoms with Crippen LogP contribution >= 0.6 is 0 Å². The summed E-state index contributed by atoms with van der Waals surface area (Å²) >= 11 is 0. The molecule has 1 heterocycles. The number of benzene rings is 1. The highest BCUT2D eigenvalue weighted by molar-refractivity contribution is 5.59. The van der Waals surface area contributed by atoms with Gasteiger partial charge in [0, 0.05) is 24.5 Å². The molecule has 1 aromatic carbocycles. The summed E-state index contributed by atoms with van der Waals surface area (Å²) < 4.78 is 0. The van der Waals surface area contributed by atoms with Gasteiger partial charge in [0.05, 0.1) is 6.10 Å². The molecule has 1 aliphatic rings. The molecule has 2 rings (SSSR count). The van der Waals surface area contributed by atoms with E-state index in [2.05, 4.69) is 17.9 Å². The van der Waals surface area contributed by atoms with Gasteiger partial charge in [0.2, 0.25) is 0 Å². The molecule has 0 amide bonds. The second-order valence-corrected chi connectivity index (χ2v) is 4.13. The summed E-state index contributed by atoms with van der Waals surface area (Å²) in [4.78, 5) is 2.21. The Kier molecular flexibility index (Phi) is 2.82. The Labute approximate surface area is 90.5 Å². The minimum absolute atomic E-state index is 0.173. The Balaban J connectivity index is 2.21. The van der Waals surface area contributed by atoms with E-state index in [1.165, 1.54) is 11.3 Å². The smallest absolute Gasteiger partial charge is 0.0731 e. The first-order valence-corrected chi connectivity index (χ1v) is 5.52. The van der Waals surface area contributed by atoms with Gasteiger partial charge in [0.25, 0.3) is 0 Å². The second-order valence-electron chi connectivity index (χ2n) is 4.13. The van der Waals surface area contributed by atoms with Gasteiger partial charge in [0.15, 0.2) is 0 Å². The molecule has 3 heteroatoms. The maximum Gasteiger partial charge on any atom is 0.0731 e. The number of aryl methyl sites for hydroxylation is 1. The van der Waals surface area contributed by atoms with Gasteiger partial charge in [-0.2, -0.15) is 0 Å². The molecule has 0 aromatic heterocycles. The molecule has 1 aromatic rings. The fourth-order valence-corrected chi connectivity index (χ4v) is 2.07. The normalized spacial score (nSPS) is 20.9. The van der Waals surface area contributed by atoms with E-state index in [9.17, 15) is 5.11 Å². The van der Waals surface area contributed by atoms with Crippen molar-refractivity contribution in [2.24, 2.45) is 0 Å². The van der Waals surface area contributed by atoms with E-state index in [1.807, 2.05) is 12.1 Å². The maximum absolute atomic E-state index is 9.48. The third-order valence-electron chi connectivity index (χ3n) is 3.04. The molecule has 0 bridgehead atoms. The Morgan fingerprint density at radius 3 is 2.93 bits per heavy atom. The van der Waals surface area contributed by atoms with E-state index in [4.69, 9.17) is 5.73 Å². The fourth-order valence-electron chi connectivity index (χ4n) is 2.07. The molecule has 1 saturated heterocycles. The van der Waals surface area contributed by atoms with Crippen LogP contribution in [0.1, 0.15) is 18.9 Å². The van der Waals surface area contributed by atoms with Crippen LogP contribution in [0.4, 0.5) is 11.4 Å². The third-order valence-corrected chi connectivity index (χ3v) is 3.04. The number of nitrogen functional groups attached to an aromatic ring is 1. The van der Waals surface area contributed by atoms with Crippen molar-refractivity contribution in [2.75, 3.05) is 23.7 Å². The highest BCUT2D eigenvalue weighted by Gasteiger charge is 2.20. The van der Waals surface area contributed by atoms with Crippen molar-refractivity contribution in [3.05, 3.63) is 23.8 Å². The zero-order valence-electron chi connectivity index (χ0n) is 9.11. The van der Waals surface area contributed by atoms with E-state index in [0.717, 1.165) is 31.6 Å². The van der Waals surface area contributed by atoms with Crippen LogP contribution in [0.3, 0.4) is 0 Å². The van der Waals surface area contributed by atoms with Crippen molar-refractivity contribution < 1.29 is 5.11 Å². The molecule has 0 radical (unpaired) electrons. The van der Waals surface area contributed by atoms with Crippen molar-refractivity contribution in [1.29, 1.82) is 0 Å². The van der Waals surface area contributed by atoms with Gasteiger partial charge in [0.1, 0.15) is 0 Å². The minimum atomic E-state index is -0.173. The number of rotatable bonds is 2. The van der Waals surface area contributed by atoms with Crippen LogP contribution in [-0.2, 0) is 6.42 Å². The molecule has 0 saturated carbocycles. The van der Waals surface area contributed by atoms with Crippen molar-refractivity contribution in [1.82, 2.24) is 0 Å². The van der Waals surface area contributed by atoms with Crippen molar-refractivity contribution in [3.8, 4) is 0 Å². The number of aliphatic hydroxyl groups is 1. The SMILES string of the molecule is CCc1cc(N2CCC(O)C2)ccc1N. The topological polar surface area (TPSA) is 49.5 Å². The molecule has 0 aliphatic carbocycles. The Morgan fingerprint density at radius 2 is 2.33 bits per heavy atom. The quantitative estimate of drug-likeness (QED) is 0.719. The molecule has 82 valence electrons. The Bertz CT molecular complexity index is 351. The van der Waals surface area contributed by atoms with Gasteiger partial charge < -0.3 is 15.7 Å². The van der Waals surface area contributed by atoms with Gasteiger partial charge in [-0.05, 0) is 36.6 Å². The molecule has 15 heavy (non-hydrogen) atoms. The van der Waals surface area contributed by atoms with E-state index < -0.39 is 0 Å². The van der Waals surface area contributed by atoms with Crippen LogP contribution < -0.4 is 10.6 Å². The van der Waals surface area contributed by atoms with Gasteiger partial charge in [-0.1, -0.05) is 6.92 Å². The predicted molar refractivity (Wildman–Crippen MR) is 63.1 cm³/mol. The zero-order chi connectivity index (χ0) is 10.8. The van der Waals surface area contributed by atoms with Gasteiger partial charge in [-0.3, -0.25) is 0 Å². The fraction of sp³-hybridized carbons (Fsp3) is 0.500. The number of aliphatic hydroxyl groups excluding tert-OH is 1. The lowest BCUT2D eigenvalue weighted by atomic mass is 10.1. The first-order chi connectivity index (χ1) is 7.20. The van der Waals surface area contributed by atoms with Crippen LogP contribution in [0.2, 0.25) is 0 Å². The summed E-state index contributed by atoms with van der Waals surface area (Å²) in [6.07, 6.45) is 1.65. The molecule has 1 aliphatic heterocycles. The number of anilines is 2. The lowest BCUT2D eigenvalue weighted by Crippen LogP contribution is -2.21. The first kappa shape index (κ1) is 10.3. The average molecular weight is 206 g/mol. The van der Waals surface area contributed by atoms with E-state index in [0.29, 0.717) is 0 Å². The monoisotopic (exact) mass is 206 g/mol. The Hall–Kier alpha value is -1.22. The molecule has 0 spiro atoms. The van der Waals surface area contributed by atoms with Crippen LogP contribution in [0.25, 0.3) is 0 Å². The number of β-amino-alcohol motifs (C(OH)–C–C–N with tert-alkyl or cyclic N) is 1. The van der Waals surface area contributed by atoms with Crippen molar-refractivity contribution >= 4 is 11.4 Å². The molecule has 1 atom stereocenters. The molecule has 3 N–H and O–H groups in total. The minimum Gasteiger partial charge on any atom is -0.399 e. The van der Waals surface area contributed by atoms with E-state index in [1.54, 1.807) is 0 Å². The molecule has 1 fully saturated rings. The summed E-state index contributed by atoms with van der Waals surface area (Å²) in [5.41, 5.74) is 9.09. The third kappa shape index (κ3) is 2.07. The molecular formula is C12H18N2O. The zero-order valence-corrected chi connectivity index (χ0v) is 9.11. The molecule has 1 unspecified atom stereocenters. The second kappa shape index (κ2) is 4.11. The van der Waals surface area contributed by atoms with Crippen LogP contribution in [-0.4, -0.2) is 24.3 Å². The summed E-state index contributed by atoms with van der Waals surface area (Å²) in [6, 6.07) is 6.12. The lowest BCUT2D eigenvalue weighted by molar-refractivity contribution is 0.198. The largest absolute Gasteiger partial charge is 0.399 e. The van der Waals surface area contributed by atoms with E-state index in [-0.39, 0.29) is 6.10 Å². The lowest BCUT2D eigenvalue weighted by Gasteiger charge is -2.19. The summed E-state index contributed by atoms with van der Waals surface area (Å²) in [5, 5.41) is 9.48. The highest BCUT2D eigenvalue weighted by atomic mass is 16.3. The number of nitrogens with two attached hydrogens (primary N) is 1. The number of hydrogen-bond donors (Lipinski definition) is 2. The summed E-state index contributed by atoms with van der Waals surface area (Å²) in [6.45, 7) is 3.79. The molecule has 3 nitrogen and oxygen atoms in total. The summed E-state index contributed by atoms with van der Waals surface area (Å²) in [5.74, 6) is 0. The average Bonchev–Trinajstić information content (AvgIpc) is 2.66. The Morgan fingerprint density at radius 1 is 1.53 bits per heavy atom. The van der Waals surface area contributed by atoms with Crippen LogP contribution in [0.5, 0.6) is 0 Å². The van der Waals surface area contributed by atoms with E-state index >= 15 is 0 Å².